The lowest BCUT2D eigenvalue weighted by atomic mass is 10.0. The molecule has 2 unspecified atom stereocenters. The van der Waals surface area contributed by atoms with E-state index >= 15 is 0 Å². The summed E-state index contributed by atoms with van der Waals surface area (Å²) in [6, 6.07) is 5.29. The Morgan fingerprint density at radius 3 is 2.94 bits per heavy atom. The Morgan fingerprint density at radius 2 is 2.22 bits per heavy atom. The molecule has 0 saturated carbocycles. The zero-order chi connectivity index (χ0) is 13.3. The number of phenols is 1. The number of nitrogens with one attached hydrogen (secondary N) is 1. The van der Waals surface area contributed by atoms with Crippen LogP contribution in [-0.2, 0) is 0 Å². The van der Waals surface area contributed by atoms with E-state index < -0.39 is 0 Å². The number of halogens is 1. The fourth-order valence-corrected chi connectivity index (χ4v) is 2.54. The van der Waals surface area contributed by atoms with Crippen LogP contribution in [0.5, 0.6) is 5.75 Å². The summed E-state index contributed by atoms with van der Waals surface area (Å²) in [5.41, 5.74) is 0.352. The van der Waals surface area contributed by atoms with Gasteiger partial charge >= 0.3 is 0 Å². The fourth-order valence-electron chi connectivity index (χ4n) is 2.18. The number of hydrogen-bond acceptors (Lipinski definition) is 3. The first-order chi connectivity index (χ1) is 8.50. The van der Waals surface area contributed by atoms with E-state index in [1.165, 1.54) is 6.07 Å². The highest BCUT2D eigenvalue weighted by Gasteiger charge is 2.29. The molecule has 1 aromatic carbocycles. The third-order valence-corrected chi connectivity index (χ3v) is 3.98. The van der Waals surface area contributed by atoms with Crippen LogP contribution in [0.3, 0.4) is 0 Å². The van der Waals surface area contributed by atoms with Crippen molar-refractivity contribution in [2.45, 2.75) is 25.9 Å². The minimum atomic E-state index is -0.116. The van der Waals surface area contributed by atoms with Gasteiger partial charge in [0.05, 0.1) is 5.56 Å². The van der Waals surface area contributed by atoms with Gasteiger partial charge in [0, 0.05) is 29.6 Å². The van der Waals surface area contributed by atoms with Crippen molar-refractivity contribution in [3.8, 4) is 5.75 Å². The summed E-state index contributed by atoms with van der Waals surface area (Å²) in [5.74, 6) is -0.0868. The zero-order valence-electron chi connectivity index (χ0n) is 10.5. The molecule has 1 aliphatic rings. The molecule has 0 radical (unpaired) electrons. The molecule has 4 nitrogen and oxygen atoms in total. The first-order valence-corrected chi connectivity index (χ1v) is 6.83. The van der Waals surface area contributed by atoms with Gasteiger partial charge in [0.1, 0.15) is 5.75 Å². The first kappa shape index (κ1) is 13.4. The van der Waals surface area contributed by atoms with Crippen molar-refractivity contribution >= 4 is 21.8 Å². The van der Waals surface area contributed by atoms with Crippen LogP contribution in [-0.4, -0.2) is 41.1 Å². The smallest absolute Gasteiger partial charge is 0.257 e. The quantitative estimate of drug-likeness (QED) is 0.833. The zero-order valence-corrected chi connectivity index (χ0v) is 12.1. The van der Waals surface area contributed by atoms with E-state index in [0.717, 1.165) is 11.0 Å². The Labute approximate surface area is 115 Å². The van der Waals surface area contributed by atoms with Gasteiger partial charge in [0.15, 0.2) is 0 Å². The SMILES string of the molecule is CC1NCCN(C(=O)c2cc(Br)ccc2O)C1C. The molecule has 1 fully saturated rings. The van der Waals surface area contributed by atoms with Gasteiger partial charge in [-0.2, -0.15) is 0 Å². The van der Waals surface area contributed by atoms with Gasteiger partial charge < -0.3 is 15.3 Å². The van der Waals surface area contributed by atoms with Crippen LogP contribution >= 0.6 is 15.9 Å². The summed E-state index contributed by atoms with van der Waals surface area (Å²) < 4.78 is 0.791. The lowest BCUT2D eigenvalue weighted by Crippen LogP contribution is -2.57. The second-order valence-electron chi connectivity index (χ2n) is 4.64. The number of aromatic hydroxyl groups is 1. The van der Waals surface area contributed by atoms with E-state index in [1.807, 2.05) is 11.8 Å². The molecule has 1 saturated heterocycles. The van der Waals surface area contributed by atoms with Crippen LogP contribution in [0, 0.1) is 0 Å². The standard InChI is InChI=1S/C13H17BrN2O2/c1-8-9(2)16(6-5-15-8)13(18)11-7-10(14)3-4-12(11)17/h3-4,7-9,15,17H,5-6H2,1-2H3. The summed E-state index contributed by atoms with van der Waals surface area (Å²) in [6.07, 6.45) is 0. The van der Waals surface area contributed by atoms with Gasteiger partial charge in [-0.05, 0) is 32.0 Å². The highest BCUT2D eigenvalue weighted by molar-refractivity contribution is 9.10. The largest absolute Gasteiger partial charge is 0.507 e. The Hall–Kier alpha value is -1.07. The maximum Gasteiger partial charge on any atom is 0.257 e. The van der Waals surface area contributed by atoms with Crippen LogP contribution in [0.15, 0.2) is 22.7 Å². The normalized spacial score (nSPS) is 24.1. The number of carbonyl (C=O) groups is 1. The van der Waals surface area contributed by atoms with Gasteiger partial charge in [-0.15, -0.1) is 0 Å². The fraction of sp³-hybridized carbons (Fsp3) is 0.462. The maximum absolute atomic E-state index is 12.4. The minimum Gasteiger partial charge on any atom is -0.507 e. The number of benzene rings is 1. The molecule has 1 heterocycles. The number of amides is 1. The molecular weight excluding hydrogens is 296 g/mol. The Bertz CT molecular complexity index is 464. The monoisotopic (exact) mass is 312 g/mol. The summed E-state index contributed by atoms with van der Waals surface area (Å²) in [6.45, 7) is 5.52. The number of piperazine rings is 1. The molecular formula is C13H17BrN2O2. The molecule has 1 amide bonds. The van der Waals surface area contributed by atoms with Crippen molar-refractivity contribution in [1.29, 1.82) is 0 Å². The number of phenolic OH excluding ortho intramolecular Hbond substituents is 1. The topological polar surface area (TPSA) is 52.6 Å². The van der Waals surface area contributed by atoms with Crippen molar-refractivity contribution in [2.75, 3.05) is 13.1 Å². The predicted octanol–water partition coefficient (Wildman–Crippen LogP) is 1.98. The van der Waals surface area contributed by atoms with Crippen LogP contribution in [0.1, 0.15) is 24.2 Å². The number of rotatable bonds is 1. The third kappa shape index (κ3) is 2.52. The summed E-state index contributed by atoms with van der Waals surface area (Å²) in [5, 5.41) is 13.1. The number of nitrogens with zero attached hydrogens (tertiary/aromatic N) is 1. The molecule has 98 valence electrons. The lowest BCUT2D eigenvalue weighted by molar-refractivity contribution is 0.0600. The highest BCUT2D eigenvalue weighted by atomic mass is 79.9. The van der Waals surface area contributed by atoms with Gasteiger partial charge in [0.2, 0.25) is 0 Å². The highest BCUT2D eigenvalue weighted by Crippen LogP contribution is 2.24. The van der Waals surface area contributed by atoms with E-state index in [1.54, 1.807) is 12.1 Å². The molecule has 5 heteroatoms. The average molecular weight is 313 g/mol. The molecule has 1 aliphatic heterocycles. The lowest BCUT2D eigenvalue weighted by Gasteiger charge is -2.38. The van der Waals surface area contributed by atoms with E-state index in [2.05, 4.69) is 28.2 Å². The molecule has 1 aromatic rings. The van der Waals surface area contributed by atoms with Crippen molar-refractivity contribution in [3.05, 3.63) is 28.2 Å². The minimum absolute atomic E-state index is 0.0292. The molecule has 2 atom stereocenters. The molecule has 0 aromatic heterocycles. The van der Waals surface area contributed by atoms with Crippen molar-refractivity contribution < 1.29 is 9.90 Å². The van der Waals surface area contributed by atoms with Crippen LogP contribution in [0.25, 0.3) is 0 Å². The summed E-state index contributed by atoms with van der Waals surface area (Å²) >= 11 is 3.32. The second-order valence-corrected chi connectivity index (χ2v) is 5.56. The molecule has 0 spiro atoms. The van der Waals surface area contributed by atoms with Crippen LogP contribution < -0.4 is 5.32 Å². The average Bonchev–Trinajstić information content (AvgIpc) is 2.35. The molecule has 0 bridgehead atoms. The van der Waals surface area contributed by atoms with Gasteiger partial charge in [-0.25, -0.2) is 0 Å². The molecule has 2 N–H and O–H groups in total. The van der Waals surface area contributed by atoms with Crippen molar-refractivity contribution in [1.82, 2.24) is 10.2 Å². The summed E-state index contributed by atoms with van der Waals surface area (Å²) in [4.78, 5) is 14.3. The van der Waals surface area contributed by atoms with Crippen LogP contribution in [0.4, 0.5) is 0 Å². The molecule has 0 aliphatic carbocycles. The van der Waals surface area contributed by atoms with Crippen LogP contribution in [0.2, 0.25) is 0 Å². The first-order valence-electron chi connectivity index (χ1n) is 6.03. The Morgan fingerprint density at radius 1 is 1.50 bits per heavy atom. The predicted molar refractivity (Wildman–Crippen MR) is 73.8 cm³/mol. The van der Waals surface area contributed by atoms with E-state index in [0.29, 0.717) is 12.1 Å². The van der Waals surface area contributed by atoms with E-state index in [4.69, 9.17) is 0 Å². The van der Waals surface area contributed by atoms with E-state index in [-0.39, 0.29) is 23.7 Å². The Kier molecular flexibility index (Phi) is 3.92. The third-order valence-electron chi connectivity index (χ3n) is 3.48. The summed E-state index contributed by atoms with van der Waals surface area (Å²) in [7, 11) is 0. The van der Waals surface area contributed by atoms with Gasteiger partial charge in [-0.3, -0.25) is 4.79 Å². The second kappa shape index (κ2) is 5.28. The molecule has 2 rings (SSSR count). The van der Waals surface area contributed by atoms with Gasteiger partial charge in [0.25, 0.3) is 5.91 Å². The van der Waals surface area contributed by atoms with Crippen molar-refractivity contribution in [2.24, 2.45) is 0 Å². The molecule has 18 heavy (non-hydrogen) atoms. The number of carbonyl (C=O) groups excluding carboxylic acids is 1. The number of hydrogen-bond donors (Lipinski definition) is 2. The van der Waals surface area contributed by atoms with Gasteiger partial charge in [-0.1, -0.05) is 15.9 Å². The Balaban J connectivity index is 2.27. The van der Waals surface area contributed by atoms with Crippen molar-refractivity contribution in [3.63, 3.8) is 0 Å². The van der Waals surface area contributed by atoms with E-state index in [9.17, 15) is 9.90 Å². The maximum atomic E-state index is 12.4.